The molecule has 0 aromatic carbocycles. The first-order chi connectivity index (χ1) is 4.00. The smallest absolute Gasteiger partial charge is 0.304 e. The van der Waals surface area contributed by atoms with Gasteiger partial charge in [0, 0.05) is 26.3 Å². The van der Waals surface area contributed by atoms with Crippen LogP contribution in [-0.4, -0.2) is 36.3 Å². The van der Waals surface area contributed by atoms with Gasteiger partial charge in [0.15, 0.2) is 0 Å². The Morgan fingerprint density at radius 1 is 1.12 bits per heavy atom. The largest absolute Gasteiger partial charge is 0.398 e. The summed E-state index contributed by atoms with van der Waals surface area (Å²) >= 11 is 0. The Kier molecular flexibility index (Phi) is 3.13. The minimum absolute atomic E-state index is 0.588. The molecule has 0 atom stereocenters. The Balaban J connectivity index is 2.00. The molecule has 3 nitrogen and oxygen atoms in total. The second-order valence-electron chi connectivity index (χ2n) is 1.68. The maximum atomic E-state index is 5.13. The Bertz CT molecular complexity index is 38.0. The maximum absolute atomic E-state index is 5.13. The van der Waals surface area contributed by atoms with E-state index in [-0.39, 0.29) is 0 Å². The van der Waals surface area contributed by atoms with Crippen molar-refractivity contribution in [3.8, 4) is 0 Å². The van der Waals surface area contributed by atoms with E-state index < -0.39 is 10.0 Å². The van der Waals surface area contributed by atoms with Crippen molar-refractivity contribution < 1.29 is 8.85 Å². The molecular weight excluding hydrogens is 122 g/mol. The summed E-state index contributed by atoms with van der Waals surface area (Å²) in [5.74, 6) is 0. The van der Waals surface area contributed by atoms with Crippen LogP contribution in [0.5, 0.6) is 0 Å². The number of hydrogen-bond donors (Lipinski definition) is 1. The zero-order valence-corrected chi connectivity index (χ0v) is 6.27. The van der Waals surface area contributed by atoms with Gasteiger partial charge in [-0.25, -0.2) is 0 Å². The van der Waals surface area contributed by atoms with Crippen molar-refractivity contribution in [2.75, 3.05) is 26.3 Å². The van der Waals surface area contributed by atoms with Crippen LogP contribution in [0.2, 0.25) is 0 Å². The minimum Gasteiger partial charge on any atom is -0.398 e. The molecule has 0 aromatic rings. The highest BCUT2D eigenvalue weighted by Gasteiger charge is 1.94. The van der Waals surface area contributed by atoms with Crippen molar-refractivity contribution in [3.63, 3.8) is 0 Å². The van der Waals surface area contributed by atoms with Gasteiger partial charge in [-0.15, -0.1) is 0 Å². The summed E-state index contributed by atoms with van der Waals surface area (Å²) in [7, 11) is -0.588. The molecule has 8 heavy (non-hydrogen) atoms. The molecule has 1 fully saturated rings. The second kappa shape index (κ2) is 4.02. The highest BCUT2D eigenvalue weighted by Crippen LogP contribution is 1.77. The zero-order valence-electron chi connectivity index (χ0n) is 4.85. The van der Waals surface area contributed by atoms with Crippen LogP contribution >= 0.6 is 0 Å². The molecule has 0 radical (unpaired) electrons. The molecule has 1 saturated heterocycles. The highest BCUT2D eigenvalue weighted by atomic mass is 28.3. The Labute approximate surface area is 51.4 Å². The van der Waals surface area contributed by atoms with Crippen molar-refractivity contribution in [2.24, 2.45) is 0 Å². The van der Waals surface area contributed by atoms with E-state index in [1.807, 2.05) is 0 Å². The number of rotatable bonds is 0. The van der Waals surface area contributed by atoms with Gasteiger partial charge in [0.2, 0.25) is 0 Å². The fourth-order valence-electron chi connectivity index (χ4n) is 0.590. The van der Waals surface area contributed by atoms with E-state index in [2.05, 4.69) is 5.32 Å². The molecule has 1 aliphatic rings. The summed E-state index contributed by atoms with van der Waals surface area (Å²) in [5, 5.41) is 3.16. The predicted molar refractivity (Wildman–Crippen MR) is 33.3 cm³/mol. The Morgan fingerprint density at radius 2 is 1.75 bits per heavy atom. The fourth-order valence-corrected chi connectivity index (χ4v) is 1.23. The average Bonchev–Trinajstić information content (AvgIpc) is 1.62. The van der Waals surface area contributed by atoms with Gasteiger partial charge >= 0.3 is 10.0 Å². The lowest BCUT2D eigenvalue weighted by Gasteiger charge is -2.10. The molecule has 0 aromatic heterocycles. The summed E-state index contributed by atoms with van der Waals surface area (Å²) in [6.07, 6.45) is 0. The molecule has 1 aliphatic heterocycles. The number of nitrogens with one attached hydrogen (secondary N) is 1. The van der Waals surface area contributed by atoms with Crippen LogP contribution in [0.1, 0.15) is 0 Å². The molecule has 0 spiro atoms. The molecule has 1 rings (SSSR count). The van der Waals surface area contributed by atoms with Crippen molar-refractivity contribution in [1.82, 2.24) is 5.32 Å². The average molecular weight is 133 g/mol. The van der Waals surface area contributed by atoms with Gasteiger partial charge < -0.3 is 14.2 Å². The fraction of sp³-hybridized carbons (Fsp3) is 1.00. The first-order valence-electron chi connectivity index (χ1n) is 2.86. The topological polar surface area (TPSA) is 30.5 Å². The van der Waals surface area contributed by atoms with Crippen LogP contribution in [0.4, 0.5) is 0 Å². The van der Waals surface area contributed by atoms with Crippen LogP contribution in [0, 0.1) is 0 Å². The zero-order chi connectivity index (χ0) is 5.66. The monoisotopic (exact) mass is 133 g/mol. The third-order valence-electron chi connectivity index (χ3n) is 1.01. The molecule has 0 saturated carbocycles. The molecule has 1 heterocycles. The van der Waals surface area contributed by atoms with Gasteiger partial charge in [0.25, 0.3) is 0 Å². The summed E-state index contributed by atoms with van der Waals surface area (Å²) < 4.78 is 10.3. The predicted octanol–water partition coefficient (Wildman–Crippen LogP) is -1.38. The van der Waals surface area contributed by atoms with Gasteiger partial charge in [0.05, 0.1) is 0 Å². The minimum atomic E-state index is -0.588. The SMILES string of the molecule is C1CO[SiH2]OCCN1. The van der Waals surface area contributed by atoms with Crippen LogP contribution in [-0.2, 0) is 8.85 Å². The quantitative estimate of drug-likeness (QED) is 0.413. The van der Waals surface area contributed by atoms with Gasteiger partial charge in [-0.05, 0) is 0 Å². The first-order valence-corrected chi connectivity index (χ1v) is 4.02. The van der Waals surface area contributed by atoms with E-state index >= 15 is 0 Å². The maximum Gasteiger partial charge on any atom is 0.304 e. The highest BCUT2D eigenvalue weighted by molar-refractivity contribution is 6.17. The number of hydrogen-bond acceptors (Lipinski definition) is 3. The molecular formula is C4H11NO2Si. The van der Waals surface area contributed by atoms with Gasteiger partial charge in [0.1, 0.15) is 0 Å². The molecule has 48 valence electrons. The molecule has 0 aliphatic carbocycles. The van der Waals surface area contributed by atoms with E-state index in [1.165, 1.54) is 0 Å². The van der Waals surface area contributed by atoms with E-state index in [4.69, 9.17) is 8.85 Å². The normalized spacial score (nSPS) is 24.0. The summed E-state index contributed by atoms with van der Waals surface area (Å²) in [4.78, 5) is 0. The van der Waals surface area contributed by atoms with Crippen molar-refractivity contribution in [1.29, 1.82) is 0 Å². The lowest BCUT2D eigenvalue weighted by Crippen LogP contribution is -2.29. The van der Waals surface area contributed by atoms with E-state index in [9.17, 15) is 0 Å². The Hall–Kier alpha value is 0.0969. The third kappa shape index (κ3) is 2.42. The van der Waals surface area contributed by atoms with Crippen LogP contribution < -0.4 is 5.32 Å². The van der Waals surface area contributed by atoms with Gasteiger partial charge in [-0.3, -0.25) is 0 Å². The molecule has 0 unspecified atom stereocenters. The van der Waals surface area contributed by atoms with Gasteiger partial charge in [-0.2, -0.15) is 0 Å². The molecule has 4 heteroatoms. The standard InChI is InChI=1S/C4H11NO2Si/c1-3-6-8-7-4-2-5-1/h5H,1-4,8H2. The first kappa shape index (κ1) is 6.22. The molecule has 0 amide bonds. The van der Waals surface area contributed by atoms with Crippen molar-refractivity contribution in [3.05, 3.63) is 0 Å². The lowest BCUT2D eigenvalue weighted by atomic mass is 10.6. The van der Waals surface area contributed by atoms with E-state index in [0.717, 1.165) is 26.3 Å². The van der Waals surface area contributed by atoms with Crippen molar-refractivity contribution in [2.45, 2.75) is 0 Å². The van der Waals surface area contributed by atoms with Gasteiger partial charge in [-0.1, -0.05) is 0 Å². The summed E-state index contributed by atoms with van der Waals surface area (Å²) in [6.45, 7) is 3.62. The summed E-state index contributed by atoms with van der Waals surface area (Å²) in [6, 6.07) is 0. The Morgan fingerprint density at radius 3 is 2.38 bits per heavy atom. The molecule has 1 N–H and O–H groups in total. The van der Waals surface area contributed by atoms with Crippen LogP contribution in [0.3, 0.4) is 0 Å². The van der Waals surface area contributed by atoms with E-state index in [1.54, 1.807) is 0 Å². The third-order valence-corrected chi connectivity index (χ3v) is 1.92. The lowest BCUT2D eigenvalue weighted by molar-refractivity contribution is 0.201. The summed E-state index contributed by atoms with van der Waals surface area (Å²) in [5.41, 5.74) is 0. The van der Waals surface area contributed by atoms with Crippen LogP contribution in [0.25, 0.3) is 0 Å². The van der Waals surface area contributed by atoms with E-state index in [0.29, 0.717) is 0 Å². The van der Waals surface area contributed by atoms with Crippen LogP contribution in [0.15, 0.2) is 0 Å². The van der Waals surface area contributed by atoms with Crippen molar-refractivity contribution >= 4 is 10.0 Å². The molecule has 0 bridgehead atoms. The second-order valence-corrected chi connectivity index (χ2v) is 2.74.